The Bertz CT molecular complexity index is 1090. The van der Waals surface area contributed by atoms with Crippen LogP contribution in [0.15, 0.2) is 30.3 Å². The molecule has 1 aromatic carbocycles. The molecule has 0 unspecified atom stereocenters. The molecule has 8 heteroatoms. The van der Waals surface area contributed by atoms with Gasteiger partial charge in [0.05, 0.1) is 38.5 Å². The van der Waals surface area contributed by atoms with Crippen LogP contribution in [0.5, 0.6) is 0 Å². The zero-order chi connectivity index (χ0) is 40.7. The van der Waals surface area contributed by atoms with E-state index in [0.29, 0.717) is 46.0 Å². The second kappa shape index (κ2) is 17.7. The Morgan fingerprint density at radius 1 is 0.471 bits per heavy atom. The molecule has 1 fully saturated rings. The first-order valence-electron chi connectivity index (χ1n) is 19.7. The van der Waals surface area contributed by atoms with E-state index in [-0.39, 0.29) is 35.2 Å². The van der Waals surface area contributed by atoms with Gasteiger partial charge in [-0.25, -0.2) is 0 Å². The van der Waals surface area contributed by atoms with Gasteiger partial charge in [-0.2, -0.15) is 0 Å². The maximum Gasteiger partial charge on any atom is 0.183 e. The second-order valence-electron chi connectivity index (χ2n) is 24.2. The van der Waals surface area contributed by atoms with Crippen molar-refractivity contribution in [3.63, 3.8) is 0 Å². The monoisotopic (exact) mass is 864 g/mol. The summed E-state index contributed by atoms with van der Waals surface area (Å²) in [5, 5.41) is 3.62. The van der Waals surface area contributed by atoms with Crippen LogP contribution < -0.4 is 0 Å². The number of hydrogen-bond donors (Lipinski definition) is 0. The molecule has 1 heterocycles. The van der Waals surface area contributed by atoms with Crippen LogP contribution >= 0.6 is 0 Å². The van der Waals surface area contributed by atoms with Gasteiger partial charge in [0, 0.05) is 17.6 Å². The molecule has 0 N–H and O–H groups in total. The second-order valence-corrected chi connectivity index (χ2v) is 60.4. The Labute approximate surface area is 342 Å². The molecule has 0 amide bonds. The summed E-state index contributed by atoms with van der Waals surface area (Å²) in [5.41, 5.74) is 1.84. The number of hydrogen-bond acceptors (Lipinski definition) is 1. The summed E-state index contributed by atoms with van der Waals surface area (Å²) in [6.07, 6.45) is 0. The van der Waals surface area contributed by atoms with E-state index in [4.69, 9.17) is 4.43 Å². The van der Waals surface area contributed by atoms with Gasteiger partial charge >= 0.3 is 0 Å². The van der Waals surface area contributed by atoms with Crippen LogP contribution in [-0.2, 0) is 4.43 Å². The molecule has 0 aliphatic carbocycles. The van der Waals surface area contributed by atoms with Crippen molar-refractivity contribution >= 4 is 66.3 Å². The van der Waals surface area contributed by atoms with E-state index in [9.17, 15) is 0 Å². The predicted octanol–water partition coefficient (Wildman–Crippen LogP) is 15.4. The summed E-state index contributed by atoms with van der Waals surface area (Å²) in [4.78, 5) is 0. The summed E-state index contributed by atoms with van der Waals surface area (Å²) in [5.74, 6) is 0. The molecule has 1 atom stereocenters. The Balaban J connectivity index is 0. The molecular weight excluding hydrogens is 774 g/mol. The molecule has 0 spiro atoms. The quantitative estimate of drug-likeness (QED) is 0.275. The van der Waals surface area contributed by atoms with Crippen molar-refractivity contribution in [2.24, 2.45) is 0 Å². The molecule has 1 nitrogen and oxygen atoms in total. The molecule has 1 aromatic rings. The zero-order valence-corrected chi connectivity index (χ0v) is 48.0. The first-order valence-corrected chi connectivity index (χ1v) is 34.7. The van der Waals surface area contributed by atoms with Gasteiger partial charge in [0.25, 0.3) is 0 Å². The van der Waals surface area contributed by atoms with Crippen molar-refractivity contribution in [2.75, 3.05) is 0 Å². The summed E-state index contributed by atoms with van der Waals surface area (Å²) < 4.78 is 7.24. The fourth-order valence-corrected chi connectivity index (χ4v) is 78.7. The van der Waals surface area contributed by atoms with E-state index in [1.165, 1.54) is 5.56 Å². The van der Waals surface area contributed by atoms with Gasteiger partial charge in [0.2, 0.25) is 0 Å². The molecule has 296 valence electrons. The minimum absolute atomic E-state index is 0. The first-order chi connectivity index (χ1) is 21.5. The van der Waals surface area contributed by atoms with E-state index >= 15 is 0 Å². The van der Waals surface area contributed by atoms with E-state index in [2.05, 4.69) is 223 Å². The van der Waals surface area contributed by atoms with Crippen LogP contribution in [0.1, 0.15) is 177 Å². The maximum atomic E-state index is 7.24. The van der Waals surface area contributed by atoms with Crippen molar-refractivity contribution in [3.8, 4) is 0 Å². The molecule has 8 radical (unpaired) electrons. The summed E-state index contributed by atoms with van der Waals surface area (Å²) in [7, 11) is -5.37. The summed E-state index contributed by atoms with van der Waals surface area (Å²) in [6, 6.07) is 11.2. The molecule has 0 aromatic heterocycles. The van der Waals surface area contributed by atoms with Gasteiger partial charge in [0.15, 0.2) is 8.08 Å². The minimum atomic E-state index is -1.71. The van der Waals surface area contributed by atoms with Crippen LogP contribution in [0.3, 0.4) is 0 Å². The fourth-order valence-electron chi connectivity index (χ4n) is 8.03. The van der Waals surface area contributed by atoms with Gasteiger partial charge in [-0.1, -0.05) is 223 Å². The van der Waals surface area contributed by atoms with Gasteiger partial charge in [0.1, 0.15) is 7.83 Å². The average Bonchev–Trinajstić information content (AvgIpc) is 2.83. The Morgan fingerprint density at radius 2 is 0.725 bits per heavy atom. The number of rotatable bonds is 3. The minimum Gasteiger partial charge on any atom is -0.421 e. The van der Waals surface area contributed by atoms with Gasteiger partial charge < -0.3 is 4.43 Å². The van der Waals surface area contributed by atoms with Crippen LogP contribution in [0, 0.1) is 0 Å². The predicted molar refractivity (Wildman–Crippen MR) is 252 cm³/mol. The van der Waals surface area contributed by atoms with E-state index in [0.717, 1.165) is 0 Å². The van der Waals surface area contributed by atoms with Crippen LogP contribution in [0.2, 0.25) is 66.5 Å². The molecular formula is C43H90GeOSi6. The molecule has 51 heavy (non-hydrogen) atoms. The van der Waals surface area contributed by atoms with Gasteiger partial charge in [-0.3, -0.25) is 0 Å². The molecule has 1 aliphatic heterocycles. The topological polar surface area (TPSA) is 9.23 Å². The third-order valence-corrected chi connectivity index (χ3v) is 72.9. The zero-order valence-electron chi connectivity index (χ0n) is 39.9. The Hall–Kier alpha value is 1.02. The molecule has 0 saturated carbocycles. The van der Waals surface area contributed by atoms with Crippen LogP contribution in [-0.4, -0.2) is 66.3 Å². The Morgan fingerprint density at radius 3 is 0.922 bits per heavy atom. The summed E-state index contributed by atoms with van der Waals surface area (Å²) in [6.45, 7) is 69.0. The largest absolute Gasteiger partial charge is 0.421 e. The van der Waals surface area contributed by atoms with E-state index in [1.54, 1.807) is 0 Å². The first kappa shape index (κ1) is 54.1. The van der Waals surface area contributed by atoms with Crippen LogP contribution in [0.25, 0.3) is 0 Å². The van der Waals surface area contributed by atoms with Gasteiger partial charge in [-0.15, -0.1) is 0 Å². The fraction of sp³-hybridized carbons (Fsp3) is 0.860. The molecule has 2 rings (SSSR count). The summed E-state index contributed by atoms with van der Waals surface area (Å²) >= 11 is 0. The maximum absolute atomic E-state index is 7.24. The molecule has 0 bridgehead atoms. The van der Waals surface area contributed by atoms with Crippen molar-refractivity contribution < 1.29 is 4.43 Å². The van der Waals surface area contributed by atoms with Crippen molar-refractivity contribution in [1.82, 2.24) is 0 Å². The molecule has 1 aliphatic rings. The number of benzene rings is 1. The smallest absolute Gasteiger partial charge is 0.183 e. The average molecular weight is 864 g/mol. The van der Waals surface area contributed by atoms with E-state index < -0.39 is 31.1 Å². The van der Waals surface area contributed by atoms with E-state index in [1.807, 2.05) is 0 Å². The SMILES string of the molecule is CC(C)(C)[Si](C)([Si]1O[C@@H](c2ccccc2)[Si]1[Si](C)(C(C)(C)C)C(C)(C)C)C(C)(C)C.C[Si](C(C)(C)C)C(C)(C)C.C[Si](C(C)(C)C)C(C)(C)C.[Ge]. The van der Waals surface area contributed by atoms with Gasteiger partial charge in [-0.05, 0) is 45.9 Å². The third kappa shape index (κ3) is 13.0. The van der Waals surface area contributed by atoms with Crippen molar-refractivity contribution in [3.05, 3.63) is 35.9 Å². The Kier molecular flexibility index (Phi) is 18.7. The van der Waals surface area contributed by atoms with Crippen LogP contribution in [0.4, 0.5) is 0 Å². The molecule has 1 saturated heterocycles. The standard InChI is InChI=1S/C25H48OSi4.2C9H21Si.Ge/c1-22(2,3)29(13,23(4,5)6)27-21(20-18-16-15-17-19-20)26-28(27)30(14,24(7,8)9)25(10,11)12;2*1-8(2,3)10(7)9(4,5)6;/h15-19,21H,1-14H3;2*1-7H3;/t21-;;;/m1.../s1. The normalized spacial score (nSPS) is 18.0. The third-order valence-electron chi connectivity index (χ3n) is 13.3. The van der Waals surface area contributed by atoms with Crippen molar-refractivity contribution in [1.29, 1.82) is 0 Å². The van der Waals surface area contributed by atoms with Crippen molar-refractivity contribution in [2.45, 2.75) is 238 Å².